The van der Waals surface area contributed by atoms with Crippen LogP contribution in [0.25, 0.3) is 0 Å². The minimum absolute atomic E-state index is 0.0405. The van der Waals surface area contributed by atoms with Crippen LogP contribution < -0.4 is 11.1 Å². The topological polar surface area (TPSA) is 77.5 Å². The van der Waals surface area contributed by atoms with Gasteiger partial charge >= 0.3 is 0 Å². The molecule has 0 radical (unpaired) electrons. The van der Waals surface area contributed by atoms with Crippen LogP contribution in [0.15, 0.2) is 16.5 Å². The third kappa shape index (κ3) is 3.84. The maximum absolute atomic E-state index is 12.2. The lowest BCUT2D eigenvalue weighted by Crippen LogP contribution is -2.45. The molecular weight excluding hydrogens is 256 g/mol. The smallest absolute Gasteiger partial charge is 0.287 e. The van der Waals surface area contributed by atoms with Crippen LogP contribution in [-0.4, -0.2) is 25.6 Å². The fourth-order valence-electron chi connectivity index (χ4n) is 2.87. The number of methoxy groups -OCH3 is 1. The maximum Gasteiger partial charge on any atom is 0.287 e. The molecule has 1 unspecified atom stereocenters. The second-order valence-electron chi connectivity index (χ2n) is 5.41. The number of amides is 1. The fraction of sp³-hybridized carbons (Fsp3) is 0.667. The summed E-state index contributed by atoms with van der Waals surface area (Å²) in [5.41, 5.74) is 5.82. The average molecular weight is 280 g/mol. The van der Waals surface area contributed by atoms with E-state index in [-0.39, 0.29) is 11.9 Å². The Kier molecular flexibility index (Phi) is 5.61. The largest absolute Gasteiger partial charge is 0.453 e. The van der Waals surface area contributed by atoms with Crippen molar-refractivity contribution in [1.82, 2.24) is 5.32 Å². The van der Waals surface area contributed by atoms with E-state index in [0.29, 0.717) is 30.6 Å². The number of nitrogens with two attached hydrogens (primary N) is 1. The first-order chi connectivity index (χ1) is 9.74. The van der Waals surface area contributed by atoms with Gasteiger partial charge in [-0.2, -0.15) is 0 Å². The Morgan fingerprint density at radius 3 is 2.85 bits per heavy atom. The van der Waals surface area contributed by atoms with Crippen molar-refractivity contribution in [2.45, 2.75) is 44.8 Å². The average Bonchev–Trinajstić information content (AvgIpc) is 2.94. The van der Waals surface area contributed by atoms with Gasteiger partial charge in [0, 0.05) is 19.7 Å². The Bertz CT molecular complexity index is 425. The highest BCUT2D eigenvalue weighted by atomic mass is 16.5. The molecule has 0 aromatic carbocycles. The van der Waals surface area contributed by atoms with Crippen LogP contribution in [0.5, 0.6) is 0 Å². The molecule has 1 amide bonds. The molecular formula is C15H24N2O3. The summed E-state index contributed by atoms with van der Waals surface area (Å²) in [6.45, 7) is 0.846. The number of rotatable bonds is 6. The fourth-order valence-corrected chi connectivity index (χ4v) is 2.87. The van der Waals surface area contributed by atoms with E-state index >= 15 is 0 Å². The molecule has 0 saturated heterocycles. The highest BCUT2D eigenvalue weighted by molar-refractivity contribution is 5.91. The van der Waals surface area contributed by atoms with E-state index in [4.69, 9.17) is 14.9 Å². The van der Waals surface area contributed by atoms with Crippen LogP contribution in [0.1, 0.15) is 48.4 Å². The molecule has 2 rings (SSSR count). The van der Waals surface area contributed by atoms with Crippen molar-refractivity contribution in [2.75, 3.05) is 13.7 Å². The first-order valence-corrected chi connectivity index (χ1v) is 7.33. The van der Waals surface area contributed by atoms with E-state index < -0.39 is 0 Å². The van der Waals surface area contributed by atoms with Crippen molar-refractivity contribution >= 4 is 5.91 Å². The predicted molar refractivity (Wildman–Crippen MR) is 76.3 cm³/mol. The number of furan rings is 1. The van der Waals surface area contributed by atoms with Gasteiger partial charge in [0.15, 0.2) is 5.76 Å². The lowest BCUT2D eigenvalue weighted by atomic mass is 9.84. The first kappa shape index (κ1) is 15.1. The third-order valence-electron chi connectivity index (χ3n) is 3.96. The normalized spacial score (nSPS) is 17.9. The summed E-state index contributed by atoms with van der Waals surface area (Å²) >= 11 is 0. The third-order valence-corrected chi connectivity index (χ3v) is 3.96. The van der Waals surface area contributed by atoms with Crippen LogP contribution in [0.3, 0.4) is 0 Å². The Morgan fingerprint density at radius 1 is 1.45 bits per heavy atom. The molecule has 1 aromatic heterocycles. The van der Waals surface area contributed by atoms with Gasteiger partial charge < -0.3 is 20.2 Å². The Morgan fingerprint density at radius 2 is 2.20 bits per heavy atom. The molecule has 1 saturated carbocycles. The predicted octanol–water partition coefficient (Wildman–Crippen LogP) is 2.06. The second kappa shape index (κ2) is 7.45. The number of ether oxygens (including phenoxy) is 1. The van der Waals surface area contributed by atoms with Crippen LogP contribution in [0.4, 0.5) is 0 Å². The van der Waals surface area contributed by atoms with Crippen molar-refractivity contribution < 1.29 is 13.9 Å². The van der Waals surface area contributed by atoms with Crippen LogP contribution in [-0.2, 0) is 11.3 Å². The standard InChI is InChI=1S/C15H24N2O3/c1-19-10-12-7-8-14(20-12)15(18)17-13(9-16)11-5-3-2-4-6-11/h7-8,11,13H,2-6,9-10,16H2,1H3,(H,17,18). The number of hydrogen-bond donors (Lipinski definition) is 2. The van der Waals surface area contributed by atoms with Gasteiger partial charge in [0.05, 0.1) is 0 Å². The Balaban J connectivity index is 1.93. The molecule has 1 aliphatic rings. The van der Waals surface area contributed by atoms with Crippen LogP contribution in [0.2, 0.25) is 0 Å². The molecule has 1 atom stereocenters. The molecule has 3 N–H and O–H groups in total. The van der Waals surface area contributed by atoms with E-state index in [9.17, 15) is 4.79 Å². The lowest BCUT2D eigenvalue weighted by molar-refractivity contribution is 0.0879. The molecule has 1 aromatic rings. The van der Waals surface area contributed by atoms with Gasteiger partial charge in [0.25, 0.3) is 5.91 Å². The molecule has 0 aliphatic heterocycles. The Labute approximate surface area is 119 Å². The van der Waals surface area contributed by atoms with E-state index in [1.807, 2.05) is 0 Å². The first-order valence-electron chi connectivity index (χ1n) is 7.33. The summed E-state index contributed by atoms with van der Waals surface area (Å²) in [5, 5.41) is 3.01. The van der Waals surface area contributed by atoms with Gasteiger partial charge in [-0.1, -0.05) is 19.3 Å². The number of hydrogen-bond acceptors (Lipinski definition) is 4. The summed E-state index contributed by atoms with van der Waals surface area (Å²) in [5.74, 6) is 1.28. The van der Waals surface area contributed by atoms with Gasteiger partial charge in [-0.3, -0.25) is 4.79 Å². The van der Waals surface area contributed by atoms with Crippen LogP contribution in [0, 0.1) is 5.92 Å². The van der Waals surface area contributed by atoms with Crippen molar-refractivity contribution in [2.24, 2.45) is 11.7 Å². The summed E-state index contributed by atoms with van der Waals surface area (Å²) < 4.78 is 10.4. The zero-order valence-electron chi connectivity index (χ0n) is 12.1. The van der Waals surface area contributed by atoms with Crippen molar-refractivity contribution in [3.05, 3.63) is 23.7 Å². The van der Waals surface area contributed by atoms with Crippen LogP contribution >= 0.6 is 0 Å². The highest BCUT2D eigenvalue weighted by Crippen LogP contribution is 2.26. The quantitative estimate of drug-likeness (QED) is 0.836. The molecule has 5 nitrogen and oxygen atoms in total. The van der Waals surface area contributed by atoms with E-state index in [1.54, 1.807) is 19.2 Å². The summed E-state index contributed by atoms with van der Waals surface area (Å²) in [4.78, 5) is 12.2. The monoisotopic (exact) mass is 280 g/mol. The zero-order chi connectivity index (χ0) is 14.4. The molecule has 1 fully saturated rings. The molecule has 112 valence electrons. The van der Waals surface area contributed by atoms with Gasteiger partial charge in [-0.25, -0.2) is 0 Å². The Hall–Kier alpha value is -1.33. The van der Waals surface area contributed by atoms with Crippen molar-refractivity contribution in [1.29, 1.82) is 0 Å². The van der Waals surface area contributed by atoms with E-state index in [2.05, 4.69) is 5.32 Å². The van der Waals surface area contributed by atoms with Crippen molar-refractivity contribution in [3.8, 4) is 0 Å². The molecule has 1 aliphatic carbocycles. The van der Waals surface area contributed by atoms with Gasteiger partial charge in [-0.15, -0.1) is 0 Å². The molecule has 1 heterocycles. The van der Waals surface area contributed by atoms with E-state index in [0.717, 1.165) is 12.8 Å². The SMILES string of the molecule is COCc1ccc(C(=O)NC(CN)C2CCCCC2)o1. The number of carbonyl (C=O) groups is 1. The zero-order valence-corrected chi connectivity index (χ0v) is 12.1. The molecule has 20 heavy (non-hydrogen) atoms. The highest BCUT2D eigenvalue weighted by Gasteiger charge is 2.25. The van der Waals surface area contributed by atoms with Gasteiger partial charge in [0.1, 0.15) is 12.4 Å². The minimum atomic E-state index is -0.187. The summed E-state index contributed by atoms with van der Waals surface area (Å²) in [7, 11) is 1.59. The summed E-state index contributed by atoms with van der Waals surface area (Å²) in [6.07, 6.45) is 6.05. The number of carbonyl (C=O) groups excluding carboxylic acids is 1. The van der Waals surface area contributed by atoms with Crippen molar-refractivity contribution in [3.63, 3.8) is 0 Å². The molecule has 5 heteroatoms. The lowest BCUT2D eigenvalue weighted by Gasteiger charge is -2.29. The molecule has 0 spiro atoms. The maximum atomic E-state index is 12.2. The summed E-state index contributed by atoms with van der Waals surface area (Å²) in [6, 6.07) is 3.48. The van der Waals surface area contributed by atoms with E-state index in [1.165, 1.54) is 19.3 Å². The number of nitrogens with one attached hydrogen (secondary N) is 1. The van der Waals surface area contributed by atoms with Gasteiger partial charge in [-0.05, 0) is 30.9 Å². The minimum Gasteiger partial charge on any atom is -0.453 e. The molecule has 0 bridgehead atoms. The van der Waals surface area contributed by atoms with Gasteiger partial charge in [0.2, 0.25) is 0 Å². The second-order valence-corrected chi connectivity index (χ2v) is 5.41.